The molecule has 2 aliphatic rings. The molecule has 0 bridgehead atoms. The number of rotatable bonds is 7. The second-order valence-electron chi connectivity index (χ2n) is 10.0. The lowest BCUT2D eigenvalue weighted by Gasteiger charge is -2.28. The van der Waals surface area contributed by atoms with Crippen LogP contribution in [0.2, 0.25) is 0 Å². The second kappa shape index (κ2) is 9.36. The zero-order valence-electron chi connectivity index (χ0n) is 20.3. The van der Waals surface area contributed by atoms with Gasteiger partial charge in [0.05, 0.1) is 23.7 Å². The molecule has 0 spiro atoms. The van der Waals surface area contributed by atoms with Crippen molar-refractivity contribution in [3.63, 3.8) is 0 Å². The molecule has 188 valence electrons. The Morgan fingerprint density at radius 2 is 1.78 bits per heavy atom. The van der Waals surface area contributed by atoms with Gasteiger partial charge in [-0.15, -0.1) is 0 Å². The Morgan fingerprint density at radius 3 is 2.42 bits per heavy atom. The van der Waals surface area contributed by atoms with Crippen LogP contribution in [0.1, 0.15) is 48.3 Å². The molecule has 1 fully saturated rings. The van der Waals surface area contributed by atoms with Crippen LogP contribution in [0.5, 0.6) is 5.75 Å². The van der Waals surface area contributed by atoms with Crippen LogP contribution in [0.4, 0.5) is 4.39 Å². The van der Waals surface area contributed by atoms with Gasteiger partial charge < -0.3 is 9.84 Å². The minimum absolute atomic E-state index is 0.00377. The fourth-order valence-electron chi connectivity index (χ4n) is 5.53. The Kier molecular flexibility index (Phi) is 6.37. The van der Waals surface area contributed by atoms with Gasteiger partial charge in [-0.05, 0) is 77.6 Å². The van der Waals surface area contributed by atoms with E-state index in [9.17, 15) is 22.7 Å². The molecule has 5 nitrogen and oxygen atoms in total. The summed E-state index contributed by atoms with van der Waals surface area (Å²) < 4.78 is 46.0. The maximum Gasteiger partial charge on any atom is 0.306 e. The zero-order valence-corrected chi connectivity index (χ0v) is 21.1. The summed E-state index contributed by atoms with van der Waals surface area (Å²) in [5.74, 6) is -1.18. The lowest BCUT2D eigenvalue weighted by Crippen LogP contribution is -2.25. The molecule has 7 heteroatoms. The first-order valence-electron chi connectivity index (χ1n) is 12.2. The highest BCUT2D eigenvalue weighted by Crippen LogP contribution is 2.48. The van der Waals surface area contributed by atoms with Gasteiger partial charge in [-0.25, -0.2) is 12.8 Å². The molecule has 1 saturated carbocycles. The maximum atomic E-state index is 14.4. The summed E-state index contributed by atoms with van der Waals surface area (Å²) in [4.78, 5) is 12.1. The number of hydrogen-bond acceptors (Lipinski definition) is 4. The van der Waals surface area contributed by atoms with Crippen LogP contribution in [0, 0.1) is 17.7 Å². The quantitative estimate of drug-likeness (QED) is 0.434. The lowest BCUT2D eigenvalue weighted by atomic mass is 9.82. The number of benzene rings is 3. The van der Waals surface area contributed by atoms with Crippen LogP contribution >= 0.6 is 0 Å². The summed E-state index contributed by atoms with van der Waals surface area (Å²) in [7, 11) is -1.96. The summed E-state index contributed by atoms with van der Waals surface area (Å²) in [6.45, 7) is 1.73. The average Bonchev–Trinajstić information content (AvgIpc) is 3.69. The topological polar surface area (TPSA) is 80.7 Å². The molecular formula is C29H29FO5S. The zero-order chi connectivity index (χ0) is 25.6. The monoisotopic (exact) mass is 508 g/mol. The molecule has 1 N–H and O–H groups in total. The van der Waals surface area contributed by atoms with Gasteiger partial charge >= 0.3 is 5.97 Å². The number of carbonyl (C=O) groups is 1. The van der Waals surface area contributed by atoms with Crippen LogP contribution in [0.15, 0.2) is 65.6 Å². The summed E-state index contributed by atoms with van der Waals surface area (Å²) in [5, 5.41) is 9.63. The largest absolute Gasteiger partial charge is 0.497 e. The molecule has 3 atom stereocenters. The average molecular weight is 509 g/mol. The van der Waals surface area contributed by atoms with Crippen molar-refractivity contribution in [1.82, 2.24) is 0 Å². The molecule has 1 aliphatic heterocycles. The number of carboxylic acid groups (broad SMARTS) is 1. The molecule has 3 aromatic rings. The van der Waals surface area contributed by atoms with Crippen molar-refractivity contribution >= 4 is 15.8 Å². The molecule has 0 aromatic heterocycles. The molecule has 0 saturated heterocycles. The highest BCUT2D eigenvalue weighted by Gasteiger charge is 2.40. The van der Waals surface area contributed by atoms with Gasteiger partial charge in [-0.3, -0.25) is 4.79 Å². The van der Waals surface area contributed by atoms with E-state index >= 15 is 0 Å². The van der Waals surface area contributed by atoms with Crippen molar-refractivity contribution in [3.8, 4) is 16.9 Å². The van der Waals surface area contributed by atoms with Gasteiger partial charge in [0.2, 0.25) is 0 Å². The van der Waals surface area contributed by atoms with Crippen molar-refractivity contribution in [3.05, 3.63) is 83.2 Å². The molecule has 1 aliphatic carbocycles. The molecule has 36 heavy (non-hydrogen) atoms. The molecule has 1 heterocycles. The van der Waals surface area contributed by atoms with Gasteiger partial charge in [-0.1, -0.05) is 43.3 Å². The van der Waals surface area contributed by atoms with E-state index in [0.717, 1.165) is 29.5 Å². The van der Waals surface area contributed by atoms with Gasteiger partial charge in [0.15, 0.2) is 9.84 Å². The Hall–Kier alpha value is -3.19. The third kappa shape index (κ3) is 4.64. The first-order valence-corrected chi connectivity index (χ1v) is 13.9. The van der Waals surface area contributed by atoms with E-state index in [1.807, 2.05) is 30.3 Å². The summed E-state index contributed by atoms with van der Waals surface area (Å²) in [5.41, 5.74) is 3.64. The standard InChI is InChI=1S/C29H29FO5S/c1-17(29(31)32)28(20-7-8-20)21-9-12-27-22(13-21)14-23(16-36(27,33)34)18-3-5-19(6-4-18)25-15-24(35-2)10-11-26(25)30/h3-6,9-13,15,17,20,23,28H,7-8,14,16H2,1-2H3,(H,31,32)/t17-,23?,28-/m0/s1. The van der Waals surface area contributed by atoms with Crippen molar-refractivity contribution in [2.75, 3.05) is 12.9 Å². The predicted molar refractivity (Wildman–Crippen MR) is 136 cm³/mol. The van der Waals surface area contributed by atoms with E-state index in [0.29, 0.717) is 34.1 Å². The Morgan fingerprint density at radius 1 is 1.06 bits per heavy atom. The van der Waals surface area contributed by atoms with Crippen molar-refractivity contribution < 1.29 is 27.4 Å². The van der Waals surface area contributed by atoms with E-state index in [2.05, 4.69) is 0 Å². The van der Waals surface area contributed by atoms with Crippen molar-refractivity contribution in [2.45, 2.75) is 42.9 Å². The fourth-order valence-corrected chi connectivity index (χ4v) is 7.36. The lowest BCUT2D eigenvalue weighted by molar-refractivity contribution is -0.142. The SMILES string of the molecule is COc1ccc(F)c(-c2ccc(C3Cc4cc([C@H](C5CC5)[C@H](C)C(=O)O)ccc4S(=O)(=O)C3)cc2)c1. The van der Waals surface area contributed by atoms with Crippen molar-refractivity contribution in [2.24, 2.45) is 11.8 Å². The van der Waals surface area contributed by atoms with Crippen molar-refractivity contribution in [1.29, 1.82) is 0 Å². The van der Waals surface area contributed by atoms with E-state index in [1.165, 1.54) is 13.2 Å². The number of aliphatic carboxylic acids is 1. The third-order valence-electron chi connectivity index (χ3n) is 7.62. The van der Waals surface area contributed by atoms with Crippen LogP contribution in [0.25, 0.3) is 11.1 Å². The molecular weight excluding hydrogens is 479 g/mol. The number of fused-ring (bicyclic) bond motifs is 1. The molecule has 3 aromatic carbocycles. The number of hydrogen-bond donors (Lipinski definition) is 1. The molecule has 0 radical (unpaired) electrons. The first-order chi connectivity index (χ1) is 17.2. The maximum absolute atomic E-state index is 14.4. The van der Waals surface area contributed by atoms with Crippen LogP contribution in [0.3, 0.4) is 0 Å². The van der Waals surface area contributed by atoms with Crippen LogP contribution in [-0.2, 0) is 21.1 Å². The smallest absolute Gasteiger partial charge is 0.306 e. The predicted octanol–water partition coefficient (Wildman–Crippen LogP) is 5.83. The normalized spacial score (nSPS) is 20.2. The third-order valence-corrected chi connectivity index (χ3v) is 9.53. The highest BCUT2D eigenvalue weighted by molar-refractivity contribution is 7.91. The van der Waals surface area contributed by atoms with Gasteiger partial charge in [0.25, 0.3) is 0 Å². The van der Waals surface area contributed by atoms with Crippen LogP contribution in [-0.4, -0.2) is 32.4 Å². The van der Waals surface area contributed by atoms with Gasteiger partial charge in [0, 0.05) is 11.5 Å². The fraction of sp³-hybridized carbons (Fsp3) is 0.345. The Balaban J connectivity index is 1.45. The van der Waals surface area contributed by atoms with E-state index in [-0.39, 0.29) is 23.4 Å². The van der Waals surface area contributed by atoms with Gasteiger partial charge in [0.1, 0.15) is 11.6 Å². The molecule has 1 unspecified atom stereocenters. The van der Waals surface area contributed by atoms with E-state index in [1.54, 1.807) is 31.2 Å². The summed E-state index contributed by atoms with van der Waals surface area (Å²) in [6, 6.07) is 17.3. The highest BCUT2D eigenvalue weighted by atomic mass is 32.2. The van der Waals surface area contributed by atoms with E-state index in [4.69, 9.17) is 4.74 Å². The minimum atomic E-state index is -3.49. The second-order valence-corrected chi connectivity index (χ2v) is 12.0. The number of carboxylic acids is 1. The number of ether oxygens (including phenoxy) is 1. The number of sulfone groups is 1. The first kappa shape index (κ1) is 24.5. The number of methoxy groups -OCH3 is 1. The van der Waals surface area contributed by atoms with Gasteiger partial charge in [-0.2, -0.15) is 0 Å². The molecule has 5 rings (SSSR count). The van der Waals surface area contributed by atoms with Crippen LogP contribution < -0.4 is 4.74 Å². The Bertz CT molecular complexity index is 1410. The van der Waals surface area contributed by atoms with E-state index < -0.39 is 21.7 Å². The number of halogens is 1. The summed E-state index contributed by atoms with van der Waals surface area (Å²) >= 11 is 0. The minimum Gasteiger partial charge on any atom is -0.497 e. The molecule has 0 amide bonds. The summed E-state index contributed by atoms with van der Waals surface area (Å²) in [6.07, 6.45) is 2.55. The Labute approximate surface area is 210 Å².